The summed E-state index contributed by atoms with van der Waals surface area (Å²) < 4.78 is 0. The minimum Gasteiger partial charge on any atom is -0.356 e. The molecule has 6 nitrogen and oxygen atoms in total. The first-order chi connectivity index (χ1) is 14.7. The number of benzene rings is 1. The monoisotopic (exact) mass is 424 g/mol. The van der Waals surface area contributed by atoms with E-state index in [1.54, 1.807) is 0 Å². The van der Waals surface area contributed by atoms with Crippen LogP contribution in [-0.4, -0.2) is 41.3 Å². The van der Waals surface area contributed by atoms with Gasteiger partial charge in [0.1, 0.15) is 11.6 Å². The fourth-order valence-electron chi connectivity index (χ4n) is 4.21. The fourth-order valence-corrected chi connectivity index (χ4v) is 4.48. The zero-order valence-electron chi connectivity index (χ0n) is 17.8. The van der Waals surface area contributed by atoms with Crippen molar-refractivity contribution < 1.29 is 0 Å². The van der Waals surface area contributed by atoms with Gasteiger partial charge in [0, 0.05) is 32.2 Å². The number of aromatic nitrogens is 2. The Hall–Kier alpha value is -2.41. The van der Waals surface area contributed by atoms with Crippen LogP contribution in [0.3, 0.4) is 0 Å². The van der Waals surface area contributed by atoms with Crippen molar-refractivity contribution >= 4 is 34.9 Å². The van der Waals surface area contributed by atoms with Crippen LogP contribution in [0.25, 0.3) is 0 Å². The molecule has 0 radical (unpaired) electrons. The summed E-state index contributed by atoms with van der Waals surface area (Å²) in [5.74, 6) is 2.59. The Kier molecular flexibility index (Phi) is 7.00. The van der Waals surface area contributed by atoms with E-state index in [0.29, 0.717) is 11.1 Å². The summed E-state index contributed by atoms with van der Waals surface area (Å²) >= 11 is 5.58. The smallest absolute Gasteiger partial charge is 0.232 e. The van der Waals surface area contributed by atoms with Crippen LogP contribution in [0.15, 0.2) is 36.4 Å². The number of hydrogen-bond acceptors (Lipinski definition) is 5. The molecule has 2 N–H and O–H groups in total. The van der Waals surface area contributed by atoms with Crippen molar-refractivity contribution in [2.45, 2.75) is 51.5 Å². The average molecular weight is 425 g/mol. The molecule has 0 bridgehead atoms. The van der Waals surface area contributed by atoms with Crippen LogP contribution in [0.1, 0.15) is 57.1 Å². The normalized spacial score (nSPS) is 18.0. The lowest BCUT2D eigenvalue weighted by atomic mass is 10.1. The third-order valence-electron chi connectivity index (χ3n) is 5.93. The van der Waals surface area contributed by atoms with Crippen molar-refractivity contribution in [2.75, 3.05) is 41.3 Å². The van der Waals surface area contributed by atoms with Gasteiger partial charge in [-0.2, -0.15) is 9.97 Å². The molecule has 2 aliphatic rings. The summed E-state index contributed by atoms with van der Waals surface area (Å²) in [5.41, 5.74) is 1.19. The van der Waals surface area contributed by atoms with Crippen LogP contribution in [0.5, 0.6) is 0 Å². The van der Waals surface area contributed by atoms with E-state index < -0.39 is 0 Å². The molecule has 1 aromatic carbocycles. The second-order valence-corrected chi connectivity index (χ2v) is 8.64. The predicted octanol–water partition coefficient (Wildman–Crippen LogP) is 4.50. The number of anilines is 3. The SMILES string of the molecule is CC(NC(=S)Nc1nc(N2CCCCC2)cc(N2CCCCC2)n1)c1ccccc1. The van der Waals surface area contributed by atoms with E-state index in [-0.39, 0.29) is 6.04 Å². The molecule has 2 aromatic rings. The van der Waals surface area contributed by atoms with Gasteiger partial charge in [0.25, 0.3) is 0 Å². The first kappa shape index (κ1) is 20.8. The third kappa shape index (κ3) is 5.39. The zero-order chi connectivity index (χ0) is 20.8. The van der Waals surface area contributed by atoms with Crippen LogP contribution in [-0.2, 0) is 0 Å². The number of rotatable bonds is 5. The molecule has 0 aliphatic carbocycles. The lowest BCUT2D eigenvalue weighted by molar-refractivity contribution is 0.567. The molecule has 2 fully saturated rings. The topological polar surface area (TPSA) is 56.3 Å². The first-order valence-corrected chi connectivity index (χ1v) is 11.6. The highest BCUT2D eigenvalue weighted by Crippen LogP contribution is 2.26. The highest BCUT2D eigenvalue weighted by molar-refractivity contribution is 7.80. The van der Waals surface area contributed by atoms with Gasteiger partial charge in [0.2, 0.25) is 5.95 Å². The van der Waals surface area contributed by atoms with Crippen molar-refractivity contribution in [3.05, 3.63) is 42.0 Å². The minimum atomic E-state index is 0.109. The molecule has 1 atom stereocenters. The summed E-state index contributed by atoms with van der Waals surface area (Å²) in [5, 5.41) is 7.15. The van der Waals surface area contributed by atoms with Crippen molar-refractivity contribution in [1.29, 1.82) is 0 Å². The van der Waals surface area contributed by atoms with E-state index in [0.717, 1.165) is 37.8 Å². The highest BCUT2D eigenvalue weighted by Gasteiger charge is 2.19. The fraction of sp³-hybridized carbons (Fsp3) is 0.522. The van der Waals surface area contributed by atoms with Gasteiger partial charge in [0.15, 0.2) is 5.11 Å². The van der Waals surface area contributed by atoms with Crippen LogP contribution in [0.2, 0.25) is 0 Å². The summed E-state index contributed by atoms with van der Waals surface area (Å²) in [7, 11) is 0. The van der Waals surface area contributed by atoms with E-state index in [4.69, 9.17) is 22.2 Å². The Morgan fingerprint density at radius 2 is 1.40 bits per heavy atom. The number of nitrogens with one attached hydrogen (secondary N) is 2. The Balaban J connectivity index is 1.51. The molecule has 4 rings (SSSR count). The molecule has 160 valence electrons. The van der Waals surface area contributed by atoms with E-state index in [1.807, 2.05) is 18.2 Å². The second-order valence-electron chi connectivity index (χ2n) is 8.23. The predicted molar refractivity (Wildman–Crippen MR) is 128 cm³/mol. The minimum absolute atomic E-state index is 0.109. The highest BCUT2D eigenvalue weighted by atomic mass is 32.1. The molecule has 7 heteroatoms. The van der Waals surface area contributed by atoms with Crippen molar-refractivity contribution in [3.63, 3.8) is 0 Å². The van der Waals surface area contributed by atoms with Gasteiger partial charge in [-0.25, -0.2) is 0 Å². The molecule has 0 amide bonds. The number of thiocarbonyl (C=S) groups is 1. The van der Waals surface area contributed by atoms with E-state index in [2.05, 4.69) is 45.6 Å². The maximum atomic E-state index is 5.58. The van der Waals surface area contributed by atoms with Gasteiger partial charge in [-0.3, -0.25) is 0 Å². The van der Waals surface area contributed by atoms with Gasteiger partial charge < -0.3 is 20.4 Å². The zero-order valence-corrected chi connectivity index (χ0v) is 18.6. The largest absolute Gasteiger partial charge is 0.356 e. The lowest BCUT2D eigenvalue weighted by Gasteiger charge is -2.31. The van der Waals surface area contributed by atoms with E-state index in [9.17, 15) is 0 Å². The van der Waals surface area contributed by atoms with Gasteiger partial charge in [-0.05, 0) is 63.2 Å². The van der Waals surface area contributed by atoms with Crippen molar-refractivity contribution in [2.24, 2.45) is 0 Å². The summed E-state index contributed by atoms with van der Waals surface area (Å²) in [6, 6.07) is 12.6. The van der Waals surface area contributed by atoms with E-state index >= 15 is 0 Å². The molecular formula is C23H32N6S. The maximum absolute atomic E-state index is 5.58. The standard InChI is InChI=1S/C23H32N6S/c1-18(19-11-5-2-6-12-19)24-23(30)27-22-25-20(28-13-7-3-8-14-28)17-21(26-22)29-15-9-4-10-16-29/h2,5-6,11-12,17-18H,3-4,7-10,13-16H2,1H3,(H2,24,25,26,27,30). The molecule has 1 unspecified atom stereocenters. The van der Waals surface area contributed by atoms with Crippen molar-refractivity contribution in [1.82, 2.24) is 15.3 Å². The quantitative estimate of drug-likeness (QED) is 0.685. The van der Waals surface area contributed by atoms with Crippen LogP contribution in [0.4, 0.5) is 17.6 Å². The number of piperidine rings is 2. The van der Waals surface area contributed by atoms with Gasteiger partial charge in [-0.1, -0.05) is 30.3 Å². The Morgan fingerprint density at radius 1 is 0.867 bits per heavy atom. The average Bonchev–Trinajstić information content (AvgIpc) is 2.80. The molecule has 0 saturated carbocycles. The lowest BCUT2D eigenvalue weighted by Crippen LogP contribution is -2.34. The molecule has 2 saturated heterocycles. The van der Waals surface area contributed by atoms with Crippen molar-refractivity contribution in [3.8, 4) is 0 Å². The Labute approximate surface area is 185 Å². The molecule has 1 aromatic heterocycles. The van der Waals surface area contributed by atoms with E-state index in [1.165, 1.54) is 44.1 Å². The molecule has 30 heavy (non-hydrogen) atoms. The van der Waals surface area contributed by atoms with Crippen LogP contribution in [0, 0.1) is 0 Å². The third-order valence-corrected chi connectivity index (χ3v) is 6.15. The van der Waals surface area contributed by atoms with Crippen LogP contribution < -0.4 is 20.4 Å². The first-order valence-electron chi connectivity index (χ1n) is 11.2. The summed E-state index contributed by atoms with van der Waals surface area (Å²) in [6.45, 7) is 6.34. The molecule has 0 spiro atoms. The van der Waals surface area contributed by atoms with Crippen LogP contribution >= 0.6 is 12.2 Å². The summed E-state index contributed by atoms with van der Waals surface area (Å²) in [4.78, 5) is 14.4. The van der Waals surface area contributed by atoms with Gasteiger partial charge in [-0.15, -0.1) is 0 Å². The molecule has 2 aliphatic heterocycles. The summed E-state index contributed by atoms with van der Waals surface area (Å²) in [6.07, 6.45) is 7.50. The second kappa shape index (κ2) is 10.1. The van der Waals surface area contributed by atoms with Gasteiger partial charge in [0.05, 0.1) is 6.04 Å². The Bertz CT molecular complexity index is 795. The Morgan fingerprint density at radius 3 is 1.93 bits per heavy atom. The maximum Gasteiger partial charge on any atom is 0.232 e. The number of nitrogens with zero attached hydrogens (tertiary/aromatic N) is 4. The number of hydrogen-bond donors (Lipinski definition) is 2. The molecule has 3 heterocycles. The molecular weight excluding hydrogens is 392 g/mol. The van der Waals surface area contributed by atoms with Gasteiger partial charge >= 0.3 is 0 Å².